The third kappa shape index (κ3) is 9.66. The van der Waals surface area contributed by atoms with Crippen LogP contribution in [0.15, 0.2) is 12.7 Å². The lowest BCUT2D eigenvalue weighted by molar-refractivity contribution is 0.128. The summed E-state index contributed by atoms with van der Waals surface area (Å²) in [6.45, 7) is 16.9. The van der Waals surface area contributed by atoms with Crippen molar-refractivity contribution in [1.82, 2.24) is 0 Å². The van der Waals surface area contributed by atoms with Gasteiger partial charge in [0, 0.05) is 12.8 Å². The van der Waals surface area contributed by atoms with E-state index in [1.807, 2.05) is 6.08 Å². The van der Waals surface area contributed by atoms with Crippen LogP contribution < -0.4 is 0 Å². The molecule has 0 fully saturated rings. The Labute approximate surface area is 115 Å². The second kappa shape index (κ2) is 7.29. The van der Waals surface area contributed by atoms with Gasteiger partial charge in [-0.05, 0) is 39.3 Å². The van der Waals surface area contributed by atoms with Crippen molar-refractivity contribution < 1.29 is 8.85 Å². The first kappa shape index (κ1) is 17.7. The summed E-state index contributed by atoms with van der Waals surface area (Å²) in [4.78, 5) is 0. The quantitative estimate of drug-likeness (QED) is 0.381. The van der Waals surface area contributed by atoms with Crippen molar-refractivity contribution >= 4 is 16.6 Å². The van der Waals surface area contributed by atoms with Crippen molar-refractivity contribution in [2.75, 3.05) is 0 Å². The molecule has 0 rings (SSSR count). The number of rotatable bonds is 8. The molecule has 0 saturated carbocycles. The van der Waals surface area contributed by atoms with Crippen molar-refractivity contribution in [3.8, 4) is 12.3 Å². The molecule has 2 nitrogen and oxygen atoms in total. The van der Waals surface area contributed by atoms with E-state index in [1.165, 1.54) is 0 Å². The van der Waals surface area contributed by atoms with Gasteiger partial charge in [-0.3, -0.25) is 0 Å². The van der Waals surface area contributed by atoms with E-state index in [4.69, 9.17) is 15.3 Å². The Balaban J connectivity index is 4.55. The predicted molar refractivity (Wildman–Crippen MR) is 84.7 cm³/mol. The van der Waals surface area contributed by atoms with E-state index in [0.29, 0.717) is 6.42 Å². The maximum atomic E-state index is 6.11. The van der Waals surface area contributed by atoms with Crippen LogP contribution in [-0.2, 0) is 8.85 Å². The van der Waals surface area contributed by atoms with Crippen molar-refractivity contribution in [3.05, 3.63) is 12.7 Å². The van der Waals surface area contributed by atoms with Gasteiger partial charge in [0.25, 0.3) is 0 Å². The number of hydrogen-bond donors (Lipinski definition) is 0. The van der Waals surface area contributed by atoms with Crippen molar-refractivity contribution in [1.29, 1.82) is 0 Å². The van der Waals surface area contributed by atoms with Crippen LogP contribution in [0.1, 0.15) is 12.8 Å². The van der Waals surface area contributed by atoms with E-state index in [-0.39, 0.29) is 12.2 Å². The molecule has 0 aromatic heterocycles. The van der Waals surface area contributed by atoms with Crippen LogP contribution in [0.3, 0.4) is 0 Å². The van der Waals surface area contributed by atoms with Gasteiger partial charge in [0.05, 0.1) is 12.2 Å². The van der Waals surface area contributed by atoms with Gasteiger partial charge in [0.2, 0.25) is 0 Å². The summed E-state index contributed by atoms with van der Waals surface area (Å²) in [5.74, 6) is 2.70. The van der Waals surface area contributed by atoms with E-state index < -0.39 is 16.6 Å². The normalized spacial score (nSPS) is 15.8. The topological polar surface area (TPSA) is 18.5 Å². The Morgan fingerprint density at radius 1 is 1.11 bits per heavy atom. The van der Waals surface area contributed by atoms with Gasteiger partial charge in [-0.15, -0.1) is 18.9 Å². The van der Waals surface area contributed by atoms with E-state index in [1.54, 1.807) is 0 Å². The standard InChI is InChI=1S/C14H28O2Si2/c1-9-11-14(16-18(6,7)8)12-13(10-2)15-17(3,4)5/h1,10,13-14H,2,11-12H2,3-8H3/t13-,14-/m1/s1. The fraction of sp³-hybridized carbons (Fsp3) is 0.714. The van der Waals surface area contributed by atoms with Crippen molar-refractivity contribution in [2.45, 2.75) is 64.3 Å². The lowest BCUT2D eigenvalue weighted by Crippen LogP contribution is -2.37. The molecular weight excluding hydrogens is 256 g/mol. The first-order valence-corrected chi connectivity index (χ1v) is 13.3. The second-order valence-electron chi connectivity index (χ2n) is 6.50. The summed E-state index contributed by atoms with van der Waals surface area (Å²) >= 11 is 0. The zero-order valence-electron chi connectivity index (χ0n) is 12.7. The van der Waals surface area contributed by atoms with E-state index in [2.05, 4.69) is 51.8 Å². The zero-order valence-corrected chi connectivity index (χ0v) is 14.7. The molecule has 0 bridgehead atoms. The number of hydrogen-bond acceptors (Lipinski definition) is 2. The van der Waals surface area contributed by atoms with Crippen LogP contribution in [0.5, 0.6) is 0 Å². The van der Waals surface area contributed by atoms with Gasteiger partial charge in [0.15, 0.2) is 16.6 Å². The molecule has 0 aromatic rings. The monoisotopic (exact) mass is 284 g/mol. The SMILES string of the molecule is C#CC[C@H](C[C@@H](C=C)O[Si](C)(C)C)O[Si](C)(C)C. The second-order valence-corrected chi connectivity index (χ2v) is 15.4. The predicted octanol–water partition coefficient (Wildman–Crippen LogP) is 4.03. The molecule has 0 amide bonds. The summed E-state index contributed by atoms with van der Waals surface area (Å²) < 4.78 is 12.2. The Morgan fingerprint density at radius 3 is 1.94 bits per heavy atom. The Kier molecular flexibility index (Phi) is 7.15. The molecule has 0 aromatic carbocycles. The van der Waals surface area contributed by atoms with E-state index in [9.17, 15) is 0 Å². The van der Waals surface area contributed by atoms with Crippen LogP contribution in [-0.4, -0.2) is 28.8 Å². The largest absolute Gasteiger partial charge is 0.414 e. The molecule has 0 radical (unpaired) electrons. The minimum atomic E-state index is -1.57. The van der Waals surface area contributed by atoms with E-state index >= 15 is 0 Å². The average Bonchev–Trinajstić information content (AvgIpc) is 2.12. The molecular formula is C14H28O2Si2. The molecule has 104 valence electrons. The molecule has 0 saturated heterocycles. The lowest BCUT2D eigenvalue weighted by Gasteiger charge is -2.30. The van der Waals surface area contributed by atoms with Crippen LogP contribution >= 0.6 is 0 Å². The lowest BCUT2D eigenvalue weighted by atomic mass is 10.1. The van der Waals surface area contributed by atoms with Gasteiger partial charge in [0.1, 0.15) is 0 Å². The maximum absolute atomic E-state index is 6.11. The molecule has 18 heavy (non-hydrogen) atoms. The van der Waals surface area contributed by atoms with Crippen molar-refractivity contribution in [3.63, 3.8) is 0 Å². The first-order valence-electron chi connectivity index (χ1n) is 6.49. The Bertz CT molecular complexity index is 294. The molecule has 0 heterocycles. The molecule has 0 aliphatic heterocycles. The van der Waals surface area contributed by atoms with Crippen LogP contribution in [0, 0.1) is 12.3 Å². The average molecular weight is 285 g/mol. The highest BCUT2D eigenvalue weighted by Gasteiger charge is 2.25. The highest BCUT2D eigenvalue weighted by Crippen LogP contribution is 2.19. The van der Waals surface area contributed by atoms with Crippen molar-refractivity contribution in [2.24, 2.45) is 0 Å². The highest BCUT2D eigenvalue weighted by atomic mass is 28.4. The summed E-state index contributed by atoms with van der Waals surface area (Å²) in [6, 6.07) is 0. The summed E-state index contributed by atoms with van der Waals surface area (Å²) in [5, 5.41) is 0. The van der Waals surface area contributed by atoms with Gasteiger partial charge in [-0.25, -0.2) is 0 Å². The summed E-state index contributed by atoms with van der Waals surface area (Å²) in [7, 11) is -3.13. The van der Waals surface area contributed by atoms with Gasteiger partial charge < -0.3 is 8.85 Å². The highest BCUT2D eigenvalue weighted by molar-refractivity contribution is 6.70. The van der Waals surface area contributed by atoms with Gasteiger partial charge in [-0.1, -0.05) is 6.08 Å². The van der Waals surface area contributed by atoms with Crippen LogP contribution in [0.25, 0.3) is 0 Å². The zero-order chi connectivity index (χ0) is 14.4. The number of terminal acetylenes is 1. The molecule has 0 spiro atoms. The smallest absolute Gasteiger partial charge is 0.184 e. The molecule has 0 unspecified atom stereocenters. The summed E-state index contributed by atoms with van der Waals surface area (Å²) in [5.41, 5.74) is 0. The Morgan fingerprint density at radius 2 is 1.61 bits per heavy atom. The first-order chi connectivity index (χ1) is 8.07. The minimum absolute atomic E-state index is 0.0476. The van der Waals surface area contributed by atoms with Crippen LogP contribution in [0.2, 0.25) is 39.3 Å². The fourth-order valence-electron chi connectivity index (χ4n) is 1.71. The van der Waals surface area contributed by atoms with Gasteiger partial charge >= 0.3 is 0 Å². The summed E-state index contributed by atoms with van der Waals surface area (Å²) in [6.07, 6.45) is 8.87. The third-order valence-corrected chi connectivity index (χ3v) is 4.18. The molecule has 0 N–H and O–H groups in total. The maximum Gasteiger partial charge on any atom is 0.184 e. The molecule has 4 heteroatoms. The van der Waals surface area contributed by atoms with E-state index in [0.717, 1.165) is 6.42 Å². The third-order valence-electron chi connectivity index (χ3n) is 2.13. The van der Waals surface area contributed by atoms with Crippen LogP contribution in [0.4, 0.5) is 0 Å². The fourth-order valence-corrected chi connectivity index (χ4v) is 3.99. The molecule has 0 aliphatic carbocycles. The minimum Gasteiger partial charge on any atom is -0.414 e. The Hall–Kier alpha value is -0.346. The van der Waals surface area contributed by atoms with Gasteiger partial charge in [-0.2, -0.15) is 0 Å². The molecule has 0 aliphatic rings. The molecule has 2 atom stereocenters.